The molecule has 4 heterocycles. The second kappa shape index (κ2) is 13.4. The molecule has 2 N–H and O–H groups in total. The Labute approximate surface area is 211 Å². The second-order valence-electron chi connectivity index (χ2n) is 7.48. The molecule has 0 radical (unpaired) electrons. The van der Waals surface area contributed by atoms with E-state index >= 15 is 0 Å². The zero-order valence-electron chi connectivity index (χ0n) is 19.5. The van der Waals surface area contributed by atoms with Crippen molar-refractivity contribution in [3.63, 3.8) is 0 Å². The molecule has 1 aliphatic rings. The van der Waals surface area contributed by atoms with E-state index in [1.807, 2.05) is 30.6 Å². The highest BCUT2D eigenvalue weighted by atomic mass is 19.4. The molecule has 38 heavy (non-hydrogen) atoms. The lowest BCUT2D eigenvalue weighted by molar-refractivity contribution is -0.193. The predicted octanol–water partition coefficient (Wildman–Crippen LogP) is 3.25. The molecular weight excluding hydrogens is 526 g/mol. The van der Waals surface area contributed by atoms with E-state index in [0.29, 0.717) is 0 Å². The van der Waals surface area contributed by atoms with Crippen LogP contribution < -0.4 is 4.90 Å². The molecule has 0 aliphatic carbocycles. The molecule has 0 saturated carbocycles. The highest BCUT2D eigenvalue weighted by Crippen LogP contribution is 2.16. The molecule has 3 aromatic rings. The third kappa shape index (κ3) is 9.68. The van der Waals surface area contributed by atoms with Crippen LogP contribution in [-0.2, 0) is 16.1 Å². The van der Waals surface area contributed by atoms with Crippen LogP contribution in [0.25, 0.3) is 5.95 Å². The number of halogens is 6. The Hall–Kier alpha value is -4.21. The average molecular weight is 548 g/mol. The summed E-state index contributed by atoms with van der Waals surface area (Å²) in [7, 11) is 0. The third-order valence-electron chi connectivity index (χ3n) is 4.82. The van der Waals surface area contributed by atoms with Crippen LogP contribution in [0.3, 0.4) is 0 Å². The standard InChI is InChI=1S/C18H20N6.2C2HF3O2/c1-2-7-19-17(6-1)23-13-11-22(12-14-23)15-16-5-3-10-24(16)18-20-8-4-9-21-18;2*3-2(4,5)1(6)7/h1-10H,11-15H2;2*(H,6,7). The maximum atomic E-state index is 10.6. The van der Waals surface area contributed by atoms with Crippen molar-refractivity contribution in [3.8, 4) is 5.95 Å². The van der Waals surface area contributed by atoms with Gasteiger partial charge in [-0.2, -0.15) is 26.3 Å². The molecule has 0 spiro atoms. The van der Waals surface area contributed by atoms with Gasteiger partial charge in [0, 0.05) is 63.2 Å². The van der Waals surface area contributed by atoms with Crippen molar-refractivity contribution in [2.75, 3.05) is 31.1 Å². The first-order valence-corrected chi connectivity index (χ1v) is 10.7. The lowest BCUT2D eigenvalue weighted by atomic mass is 10.3. The lowest BCUT2D eigenvalue weighted by Gasteiger charge is -2.35. The molecule has 0 amide bonds. The minimum atomic E-state index is -5.08. The van der Waals surface area contributed by atoms with Crippen LogP contribution in [0.15, 0.2) is 61.2 Å². The summed E-state index contributed by atoms with van der Waals surface area (Å²) in [5.74, 6) is -3.72. The van der Waals surface area contributed by atoms with Crippen LogP contribution in [0.2, 0.25) is 0 Å². The Morgan fingerprint density at radius 1 is 0.763 bits per heavy atom. The first-order valence-electron chi connectivity index (χ1n) is 10.7. The van der Waals surface area contributed by atoms with Gasteiger partial charge in [-0.15, -0.1) is 0 Å². The number of rotatable bonds is 4. The van der Waals surface area contributed by atoms with Crippen LogP contribution in [-0.4, -0.2) is 85.1 Å². The van der Waals surface area contributed by atoms with E-state index in [9.17, 15) is 26.3 Å². The summed E-state index contributed by atoms with van der Waals surface area (Å²) in [6.07, 6.45) is -2.74. The summed E-state index contributed by atoms with van der Waals surface area (Å²) in [4.78, 5) is 35.7. The van der Waals surface area contributed by atoms with Crippen molar-refractivity contribution in [2.45, 2.75) is 18.9 Å². The summed E-state index contributed by atoms with van der Waals surface area (Å²) < 4.78 is 65.5. The second-order valence-corrected chi connectivity index (χ2v) is 7.48. The first kappa shape index (κ1) is 30.0. The number of hydrogen-bond donors (Lipinski definition) is 2. The van der Waals surface area contributed by atoms with Crippen molar-refractivity contribution in [2.24, 2.45) is 0 Å². The number of carboxylic acids is 2. The molecule has 16 heteroatoms. The highest BCUT2D eigenvalue weighted by Gasteiger charge is 2.38. The maximum absolute atomic E-state index is 10.6. The van der Waals surface area contributed by atoms with E-state index in [4.69, 9.17) is 19.8 Å². The van der Waals surface area contributed by atoms with Gasteiger partial charge in [0.15, 0.2) is 0 Å². The fourth-order valence-electron chi connectivity index (χ4n) is 3.06. The molecule has 0 aromatic carbocycles. The summed E-state index contributed by atoms with van der Waals surface area (Å²) in [6.45, 7) is 4.95. The number of anilines is 1. The van der Waals surface area contributed by atoms with Crippen molar-refractivity contribution in [1.82, 2.24) is 24.4 Å². The SMILES string of the molecule is O=C(O)C(F)(F)F.O=C(O)C(F)(F)F.c1ccc(N2CCN(Cc3cccn3-c3ncccn3)CC2)nc1. The largest absolute Gasteiger partial charge is 0.490 e. The number of piperazine rings is 1. The zero-order chi connectivity index (χ0) is 28.3. The molecule has 1 fully saturated rings. The smallest absolute Gasteiger partial charge is 0.475 e. The summed E-state index contributed by atoms with van der Waals surface area (Å²) in [5.41, 5.74) is 1.22. The molecule has 10 nitrogen and oxygen atoms in total. The molecule has 4 rings (SSSR count). The van der Waals surface area contributed by atoms with Crippen molar-refractivity contribution in [3.05, 3.63) is 66.9 Å². The van der Waals surface area contributed by atoms with E-state index in [-0.39, 0.29) is 0 Å². The number of carbonyl (C=O) groups is 2. The normalized spacial score (nSPS) is 14.0. The monoisotopic (exact) mass is 548 g/mol. The minimum absolute atomic E-state index is 0.727. The molecule has 1 aliphatic heterocycles. The molecule has 0 unspecified atom stereocenters. The van der Waals surface area contributed by atoms with Gasteiger partial charge in [0.2, 0.25) is 5.95 Å². The predicted molar refractivity (Wildman–Crippen MR) is 120 cm³/mol. The van der Waals surface area contributed by atoms with Gasteiger partial charge < -0.3 is 15.1 Å². The van der Waals surface area contributed by atoms with Gasteiger partial charge in [0.1, 0.15) is 5.82 Å². The number of nitrogens with zero attached hydrogens (tertiary/aromatic N) is 6. The quantitative estimate of drug-likeness (QED) is 0.473. The van der Waals surface area contributed by atoms with Crippen LogP contribution >= 0.6 is 0 Å². The molecule has 0 bridgehead atoms. The molecule has 3 aromatic heterocycles. The number of hydrogen-bond acceptors (Lipinski definition) is 7. The molecule has 1 saturated heterocycles. The molecular formula is C22H22F6N6O4. The van der Waals surface area contributed by atoms with Crippen LogP contribution in [0, 0.1) is 0 Å². The Kier molecular flexibility index (Phi) is 10.6. The van der Waals surface area contributed by atoms with Gasteiger partial charge in [-0.3, -0.25) is 9.47 Å². The van der Waals surface area contributed by atoms with E-state index in [1.165, 1.54) is 5.69 Å². The van der Waals surface area contributed by atoms with Crippen molar-refractivity contribution < 1.29 is 46.1 Å². The van der Waals surface area contributed by atoms with Crippen LogP contribution in [0.1, 0.15) is 5.69 Å². The number of aromatic nitrogens is 4. The van der Waals surface area contributed by atoms with Gasteiger partial charge in [0.25, 0.3) is 0 Å². The van der Waals surface area contributed by atoms with Gasteiger partial charge in [-0.1, -0.05) is 6.07 Å². The number of alkyl halides is 6. The van der Waals surface area contributed by atoms with Gasteiger partial charge in [-0.05, 0) is 30.3 Å². The first-order chi connectivity index (χ1) is 17.8. The number of aliphatic carboxylic acids is 2. The number of carboxylic acid groups (broad SMARTS) is 2. The minimum Gasteiger partial charge on any atom is -0.475 e. The van der Waals surface area contributed by atoms with Crippen molar-refractivity contribution >= 4 is 17.8 Å². The molecule has 0 atom stereocenters. The lowest BCUT2D eigenvalue weighted by Crippen LogP contribution is -2.46. The number of pyridine rings is 1. The zero-order valence-corrected chi connectivity index (χ0v) is 19.5. The Bertz CT molecular complexity index is 1130. The van der Waals surface area contributed by atoms with Crippen molar-refractivity contribution in [1.29, 1.82) is 0 Å². The van der Waals surface area contributed by atoms with Crippen LogP contribution in [0.5, 0.6) is 0 Å². The summed E-state index contributed by atoms with van der Waals surface area (Å²) in [5, 5.41) is 14.2. The average Bonchev–Trinajstić information content (AvgIpc) is 3.33. The highest BCUT2D eigenvalue weighted by molar-refractivity contribution is 5.73. The van der Waals surface area contributed by atoms with E-state index < -0.39 is 24.3 Å². The third-order valence-corrected chi connectivity index (χ3v) is 4.82. The Morgan fingerprint density at radius 2 is 1.29 bits per heavy atom. The van der Waals surface area contributed by atoms with Gasteiger partial charge in [0.05, 0.1) is 0 Å². The Morgan fingerprint density at radius 3 is 1.76 bits per heavy atom. The Balaban J connectivity index is 0.000000301. The van der Waals surface area contributed by atoms with Crippen LogP contribution in [0.4, 0.5) is 32.2 Å². The van der Waals surface area contributed by atoms with E-state index in [2.05, 4.69) is 47.5 Å². The maximum Gasteiger partial charge on any atom is 0.490 e. The molecule has 206 valence electrons. The van der Waals surface area contributed by atoms with Gasteiger partial charge in [-0.25, -0.2) is 24.5 Å². The topological polar surface area (TPSA) is 125 Å². The van der Waals surface area contributed by atoms with E-state index in [1.54, 1.807) is 12.4 Å². The van der Waals surface area contributed by atoms with Gasteiger partial charge >= 0.3 is 24.3 Å². The summed E-state index contributed by atoms with van der Waals surface area (Å²) in [6, 6.07) is 12.1. The fraction of sp³-hybridized carbons (Fsp3) is 0.318. The van der Waals surface area contributed by atoms with E-state index in [0.717, 1.165) is 44.5 Å². The summed E-state index contributed by atoms with van der Waals surface area (Å²) >= 11 is 0. The fourth-order valence-corrected chi connectivity index (χ4v) is 3.06.